The number of benzene rings is 2. The summed E-state index contributed by atoms with van der Waals surface area (Å²) in [6.45, 7) is 1.27. The molecule has 186 valence electrons. The summed E-state index contributed by atoms with van der Waals surface area (Å²) < 4.78 is 11.1. The van der Waals surface area contributed by atoms with Gasteiger partial charge < -0.3 is 30.1 Å². The third kappa shape index (κ3) is 4.43. The van der Waals surface area contributed by atoms with Crippen LogP contribution in [0, 0.1) is 0 Å². The standard InChI is InChI=1S/C25H27NO8S/c1-11(27)26-15(25(31)32)10-35-9-12-6-13-8-14-20(19(13)18(7-12)34-3)24(30)21-16(28)4-5-17(33-2)22(21)23(14)29/h6-7,15,17,29-30H,4-5,8-10H2,1-3H3,(H,26,27)(H,31,32)/t15-,17-/m1/s1. The molecule has 0 bridgehead atoms. The van der Waals surface area contributed by atoms with E-state index in [2.05, 4.69) is 5.32 Å². The van der Waals surface area contributed by atoms with Gasteiger partial charge in [-0.25, -0.2) is 4.79 Å². The number of hydrogen-bond acceptors (Lipinski definition) is 8. The fourth-order valence-electron chi connectivity index (χ4n) is 4.91. The minimum atomic E-state index is -1.10. The molecule has 2 aliphatic carbocycles. The van der Waals surface area contributed by atoms with E-state index in [9.17, 15) is 29.7 Å². The number of nitrogens with one attached hydrogen (secondary N) is 1. The van der Waals surface area contributed by atoms with E-state index in [1.807, 2.05) is 6.07 Å². The van der Waals surface area contributed by atoms with E-state index in [4.69, 9.17) is 9.47 Å². The molecule has 2 aliphatic rings. The van der Waals surface area contributed by atoms with Crippen molar-refractivity contribution in [1.29, 1.82) is 0 Å². The topological polar surface area (TPSA) is 142 Å². The molecule has 0 aromatic heterocycles. The van der Waals surface area contributed by atoms with Crippen LogP contribution in [0.15, 0.2) is 12.1 Å². The van der Waals surface area contributed by atoms with Crippen LogP contribution in [0.3, 0.4) is 0 Å². The Bertz CT molecular complexity index is 1220. The summed E-state index contributed by atoms with van der Waals surface area (Å²) in [7, 11) is 3.01. The molecule has 4 N–H and O–H groups in total. The third-order valence-corrected chi connectivity index (χ3v) is 7.52. The molecule has 0 unspecified atom stereocenters. The SMILES string of the molecule is COc1cc(CSC[C@@H](NC(C)=O)C(=O)O)cc2c1-c1c(O)c3c(c(O)c1C2)[C@H](OC)CCC3=O. The summed E-state index contributed by atoms with van der Waals surface area (Å²) in [5.74, 6) is -0.836. The van der Waals surface area contributed by atoms with Crippen LogP contribution in [0.25, 0.3) is 11.1 Å². The number of aliphatic carboxylic acids is 1. The Balaban J connectivity index is 1.69. The molecule has 0 heterocycles. The Morgan fingerprint density at radius 2 is 1.91 bits per heavy atom. The molecule has 10 heteroatoms. The molecule has 0 aliphatic heterocycles. The van der Waals surface area contributed by atoms with E-state index in [1.54, 1.807) is 6.07 Å². The lowest BCUT2D eigenvalue weighted by molar-refractivity contribution is -0.140. The number of ether oxygens (including phenoxy) is 2. The first kappa shape index (κ1) is 24.9. The van der Waals surface area contributed by atoms with Gasteiger partial charge in [0.05, 0.1) is 18.8 Å². The van der Waals surface area contributed by atoms with Gasteiger partial charge in [0.1, 0.15) is 23.3 Å². The van der Waals surface area contributed by atoms with Crippen molar-refractivity contribution in [3.8, 4) is 28.4 Å². The van der Waals surface area contributed by atoms with Crippen molar-refractivity contribution in [2.75, 3.05) is 20.0 Å². The number of aromatic hydroxyl groups is 2. The Kier molecular flexibility index (Phi) is 6.95. The minimum absolute atomic E-state index is 0.0403. The zero-order valence-corrected chi connectivity index (χ0v) is 20.5. The van der Waals surface area contributed by atoms with E-state index in [-0.39, 0.29) is 35.0 Å². The zero-order valence-electron chi connectivity index (χ0n) is 19.6. The molecule has 0 saturated heterocycles. The van der Waals surface area contributed by atoms with Crippen molar-refractivity contribution in [3.05, 3.63) is 39.9 Å². The van der Waals surface area contributed by atoms with Crippen LogP contribution in [0.1, 0.15) is 58.5 Å². The zero-order chi connectivity index (χ0) is 25.4. The fraction of sp³-hybridized carbons (Fsp3) is 0.400. The quantitative estimate of drug-likeness (QED) is 0.342. The predicted molar refractivity (Wildman–Crippen MR) is 129 cm³/mol. The number of carbonyl (C=O) groups is 3. The van der Waals surface area contributed by atoms with Crippen LogP contribution in [0.2, 0.25) is 0 Å². The number of hydrogen-bond donors (Lipinski definition) is 4. The Labute approximate surface area is 206 Å². The lowest BCUT2D eigenvalue weighted by Gasteiger charge is -2.27. The third-order valence-electron chi connectivity index (χ3n) is 6.41. The largest absolute Gasteiger partial charge is 0.507 e. The van der Waals surface area contributed by atoms with E-state index >= 15 is 0 Å². The molecular formula is C25H27NO8S. The first-order chi connectivity index (χ1) is 16.7. The second-order valence-electron chi connectivity index (χ2n) is 8.64. The maximum absolute atomic E-state index is 12.7. The average molecular weight is 502 g/mol. The molecule has 2 aromatic rings. The maximum Gasteiger partial charge on any atom is 0.327 e. The van der Waals surface area contributed by atoms with Crippen molar-refractivity contribution in [2.24, 2.45) is 0 Å². The first-order valence-corrected chi connectivity index (χ1v) is 12.3. The van der Waals surface area contributed by atoms with Gasteiger partial charge in [-0.1, -0.05) is 6.07 Å². The van der Waals surface area contributed by atoms with Gasteiger partial charge in [-0.05, 0) is 23.6 Å². The maximum atomic E-state index is 12.7. The van der Waals surface area contributed by atoms with Crippen LogP contribution in [-0.4, -0.2) is 59.0 Å². The lowest BCUT2D eigenvalue weighted by Crippen LogP contribution is -2.41. The number of thioether (sulfide) groups is 1. The van der Waals surface area contributed by atoms with Crippen molar-refractivity contribution in [2.45, 2.75) is 44.1 Å². The van der Waals surface area contributed by atoms with E-state index in [0.717, 1.165) is 11.1 Å². The number of methoxy groups -OCH3 is 2. The predicted octanol–water partition coefficient (Wildman–Crippen LogP) is 3.16. The van der Waals surface area contributed by atoms with E-state index in [1.165, 1.54) is 32.9 Å². The Morgan fingerprint density at radius 1 is 1.17 bits per heavy atom. The highest BCUT2D eigenvalue weighted by Crippen LogP contribution is 2.56. The molecular weight excluding hydrogens is 474 g/mol. The van der Waals surface area contributed by atoms with Crippen molar-refractivity contribution in [3.63, 3.8) is 0 Å². The van der Waals surface area contributed by atoms with Gasteiger partial charge in [-0.2, -0.15) is 11.8 Å². The first-order valence-electron chi connectivity index (χ1n) is 11.1. The van der Waals surface area contributed by atoms with Gasteiger partial charge in [-0.15, -0.1) is 0 Å². The second kappa shape index (κ2) is 9.79. The number of phenols is 2. The lowest BCUT2D eigenvalue weighted by atomic mass is 9.83. The highest BCUT2D eigenvalue weighted by atomic mass is 32.2. The minimum Gasteiger partial charge on any atom is -0.507 e. The van der Waals surface area contributed by atoms with Gasteiger partial charge in [0.2, 0.25) is 5.91 Å². The fourth-order valence-corrected chi connectivity index (χ4v) is 5.89. The van der Waals surface area contributed by atoms with Crippen molar-refractivity contribution >= 4 is 29.4 Å². The summed E-state index contributed by atoms with van der Waals surface area (Å²) >= 11 is 1.35. The molecule has 35 heavy (non-hydrogen) atoms. The molecule has 1 amide bonds. The molecule has 0 spiro atoms. The van der Waals surface area contributed by atoms with E-state index < -0.39 is 24.0 Å². The monoisotopic (exact) mass is 501 g/mol. The summed E-state index contributed by atoms with van der Waals surface area (Å²) in [6, 6.07) is 2.72. The Morgan fingerprint density at radius 3 is 2.54 bits per heavy atom. The van der Waals surface area contributed by atoms with Crippen molar-refractivity contribution < 1.29 is 39.2 Å². The smallest absolute Gasteiger partial charge is 0.327 e. The second-order valence-corrected chi connectivity index (χ2v) is 9.67. The van der Waals surface area contributed by atoms with Crippen LogP contribution >= 0.6 is 11.8 Å². The normalized spacial score (nSPS) is 16.8. The van der Waals surface area contributed by atoms with Crippen LogP contribution in [0.5, 0.6) is 17.2 Å². The van der Waals surface area contributed by atoms with Gasteiger partial charge in [0.25, 0.3) is 0 Å². The van der Waals surface area contributed by atoms with E-state index in [0.29, 0.717) is 46.6 Å². The number of carboxylic acid groups (broad SMARTS) is 1. The van der Waals surface area contributed by atoms with Gasteiger partial charge >= 0.3 is 5.97 Å². The van der Waals surface area contributed by atoms with Crippen molar-refractivity contribution in [1.82, 2.24) is 5.32 Å². The van der Waals surface area contributed by atoms with Gasteiger partial charge in [0.15, 0.2) is 5.78 Å². The molecule has 0 fully saturated rings. The number of fused-ring (bicyclic) bond motifs is 4. The molecule has 2 aromatic carbocycles. The summed E-state index contributed by atoms with van der Waals surface area (Å²) in [5.41, 5.74) is 3.66. The number of rotatable bonds is 8. The Hall–Kier alpha value is -3.24. The number of carboxylic acids is 1. The highest BCUT2D eigenvalue weighted by molar-refractivity contribution is 7.98. The van der Waals surface area contributed by atoms with Gasteiger partial charge in [0, 0.05) is 60.6 Å². The van der Waals surface area contributed by atoms with Crippen LogP contribution in [-0.2, 0) is 26.5 Å². The highest BCUT2D eigenvalue weighted by Gasteiger charge is 2.39. The van der Waals surface area contributed by atoms with Crippen LogP contribution < -0.4 is 10.1 Å². The summed E-state index contributed by atoms with van der Waals surface area (Å²) in [5, 5.41) is 34.1. The number of amides is 1. The molecule has 9 nitrogen and oxygen atoms in total. The number of ketones is 1. The molecule has 4 rings (SSSR count). The molecule has 0 saturated carbocycles. The van der Waals surface area contributed by atoms with Crippen LogP contribution in [0.4, 0.5) is 0 Å². The molecule has 0 radical (unpaired) electrons. The number of phenolic OH excluding ortho intramolecular Hbond substituents is 2. The summed E-state index contributed by atoms with van der Waals surface area (Å²) in [4.78, 5) is 35.3. The summed E-state index contributed by atoms with van der Waals surface area (Å²) in [6.07, 6.45) is 0.497. The average Bonchev–Trinajstić information content (AvgIpc) is 3.21. The van der Waals surface area contributed by atoms with Gasteiger partial charge in [-0.3, -0.25) is 9.59 Å². The number of carbonyl (C=O) groups excluding carboxylic acids is 2. The number of Topliss-reactive ketones (excluding diaryl/α,β-unsaturated/α-hetero) is 1. The molecule has 2 atom stereocenters.